The zero-order valence-corrected chi connectivity index (χ0v) is 11.0. The third kappa shape index (κ3) is 2.65. The van der Waals surface area contributed by atoms with E-state index in [9.17, 15) is 9.50 Å². The van der Waals surface area contributed by atoms with Crippen LogP contribution in [0.1, 0.15) is 12.5 Å². The number of benzene rings is 1. The zero-order chi connectivity index (χ0) is 12.3. The Morgan fingerprint density at radius 2 is 2.06 bits per heavy atom. The second kappa shape index (κ2) is 5.50. The van der Waals surface area contributed by atoms with E-state index in [1.807, 2.05) is 0 Å². The lowest BCUT2D eigenvalue weighted by Crippen LogP contribution is -2.08. The molecule has 0 radical (unpaired) electrons. The van der Waals surface area contributed by atoms with Crippen LogP contribution in [0.5, 0.6) is 11.5 Å². The molecule has 1 aromatic carbocycles. The number of hydrogen-bond acceptors (Lipinski definition) is 3. The first-order chi connectivity index (χ1) is 7.51. The van der Waals surface area contributed by atoms with Crippen LogP contribution in [0.25, 0.3) is 0 Å². The van der Waals surface area contributed by atoms with Crippen LogP contribution in [0.15, 0.2) is 10.5 Å². The summed E-state index contributed by atoms with van der Waals surface area (Å²) in [5.74, 6) is 0.325. The molecule has 0 aromatic heterocycles. The molecule has 1 rings (SSSR count). The Kier molecular flexibility index (Phi) is 4.56. The van der Waals surface area contributed by atoms with Crippen molar-refractivity contribution in [2.45, 2.75) is 19.4 Å². The average molecular weight is 293 g/mol. The Morgan fingerprint density at radius 1 is 1.44 bits per heavy atom. The smallest absolute Gasteiger partial charge is 0.175 e. The van der Waals surface area contributed by atoms with E-state index in [1.165, 1.54) is 20.3 Å². The van der Waals surface area contributed by atoms with Gasteiger partial charge in [-0.15, -0.1) is 0 Å². The van der Waals surface area contributed by atoms with Crippen LogP contribution < -0.4 is 9.47 Å². The van der Waals surface area contributed by atoms with E-state index in [2.05, 4.69) is 15.9 Å². The van der Waals surface area contributed by atoms with E-state index in [0.29, 0.717) is 21.5 Å². The van der Waals surface area contributed by atoms with Crippen LogP contribution in [-0.4, -0.2) is 25.4 Å². The number of methoxy groups -OCH3 is 2. The Labute approximate surface area is 102 Å². The predicted molar refractivity (Wildman–Crippen MR) is 62.6 cm³/mol. The van der Waals surface area contributed by atoms with Crippen LogP contribution in [0.4, 0.5) is 4.39 Å². The Hall–Kier alpha value is -0.810. The number of aliphatic hydroxyl groups is 1. The Morgan fingerprint density at radius 3 is 2.50 bits per heavy atom. The van der Waals surface area contributed by atoms with Crippen molar-refractivity contribution in [2.24, 2.45) is 0 Å². The van der Waals surface area contributed by atoms with Crippen molar-refractivity contribution < 1.29 is 19.0 Å². The van der Waals surface area contributed by atoms with Crippen LogP contribution >= 0.6 is 15.9 Å². The summed E-state index contributed by atoms with van der Waals surface area (Å²) in [6.07, 6.45) is -0.406. The Bertz CT molecular complexity index is 380. The maximum absolute atomic E-state index is 13.7. The van der Waals surface area contributed by atoms with Crippen molar-refractivity contribution >= 4 is 15.9 Å². The largest absolute Gasteiger partial charge is 0.493 e. The summed E-state index contributed by atoms with van der Waals surface area (Å²) in [6, 6.07) is 1.25. The predicted octanol–water partition coefficient (Wildman–Crippen LogP) is 2.53. The summed E-state index contributed by atoms with van der Waals surface area (Å²) >= 11 is 3.26. The first-order valence-corrected chi connectivity index (χ1v) is 5.57. The lowest BCUT2D eigenvalue weighted by atomic mass is 10.1. The van der Waals surface area contributed by atoms with Crippen molar-refractivity contribution in [1.29, 1.82) is 0 Å². The van der Waals surface area contributed by atoms with E-state index >= 15 is 0 Å². The van der Waals surface area contributed by atoms with E-state index in [0.717, 1.165) is 0 Å². The number of hydrogen-bond donors (Lipinski definition) is 1. The highest BCUT2D eigenvalue weighted by molar-refractivity contribution is 9.10. The highest BCUT2D eigenvalue weighted by Gasteiger charge is 2.18. The van der Waals surface area contributed by atoms with Gasteiger partial charge in [0.2, 0.25) is 0 Å². The zero-order valence-electron chi connectivity index (χ0n) is 9.38. The molecule has 0 bridgehead atoms. The van der Waals surface area contributed by atoms with Gasteiger partial charge in [0.1, 0.15) is 5.82 Å². The molecule has 90 valence electrons. The quantitative estimate of drug-likeness (QED) is 0.927. The number of ether oxygens (including phenoxy) is 2. The van der Waals surface area contributed by atoms with Gasteiger partial charge in [-0.3, -0.25) is 0 Å². The number of aliphatic hydroxyl groups excluding tert-OH is 1. The van der Waals surface area contributed by atoms with Crippen molar-refractivity contribution in [1.82, 2.24) is 0 Å². The molecule has 0 aliphatic rings. The number of halogens is 2. The van der Waals surface area contributed by atoms with Gasteiger partial charge in [0.05, 0.1) is 24.8 Å². The minimum atomic E-state index is -0.621. The summed E-state index contributed by atoms with van der Waals surface area (Å²) < 4.78 is 24.3. The molecule has 1 N–H and O–H groups in total. The van der Waals surface area contributed by atoms with Crippen molar-refractivity contribution in [2.75, 3.05) is 14.2 Å². The van der Waals surface area contributed by atoms with E-state index in [4.69, 9.17) is 9.47 Å². The molecule has 0 saturated heterocycles. The molecule has 0 amide bonds. The van der Waals surface area contributed by atoms with Gasteiger partial charge in [0, 0.05) is 18.1 Å². The maximum atomic E-state index is 13.7. The van der Waals surface area contributed by atoms with Gasteiger partial charge in [0.25, 0.3) is 0 Å². The van der Waals surface area contributed by atoms with E-state index in [-0.39, 0.29) is 6.42 Å². The minimum absolute atomic E-state index is 0.215. The fourth-order valence-corrected chi connectivity index (χ4v) is 2.15. The first-order valence-electron chi connectivity index (χ1n) is 4.78. The lowest BCUT2D eigenvalue weighted by Gasteiger charge is -2.15. The summed E-state index contributed by atoms with van der Waals surface area (Å²) in [5, 5.41) is 9.29. The lowest BCUT2D eigenvalue weighted by molar-refractivity contribution is 0.193. The third-order valence-electron chi connectivity index (χ3n) is 2.16. The Balaban J connectivity index is 3.29. The van der Waals surface area contributed by atoms with Crippen molar-refractivity contribution in [3.05, 3.63) is 21.9 Å². The van der Waals surface area contributed by atoms with Gasteiger partial charge in [0.15, 0.2) is 11.5 Å². The maximum Gasteiger partial charge on any atom is 0.175 e. The van der Waals surface area contributed by atoms with Gasteiger partial charge in [-0.05, 0) is 22.9 Å². The molecular weight excluding hydrogens is 279 g/mol. The minimum Gasteiger partial charge on any atom is -0.493 e. The molecule has 0 aliphatic heterocycles. The molecule has 0 saturated carbocycles. The summed E-state index contributed by atoms with van der Waals surface area (Å²) in [4.78, 5) is 0. The highest BCUT2D eigenvalue weighted by atomic mass is 79.9. The fraction of sp³-hybridized carbons (Fsp3) is 0.455. The molecule has 3 nitrogen and oxygen atoms in total. The van der Waals surface area contributed by atoms with Crippen molar-refractivity contribution in [3.8, 4) is 11.5 Å². The number of rotatable bonds is 4. The second-order valence-electron chi connectivity index (χ2n) is 3.44. The molecule has 1 atom stereocenters. The second-order valence-corrected chi connectivity index (χ2v) is 4.23. The molecule has 16 heavy (non-hydrogen) atoms. The van der Waals surface area contributed by atoms with Crippen LogP contribution in [0, 0.1) is 5.82 Å². The molecule has 1 unspecified atom stereocenters. The standard InChI is InChI=1S/C11H14BrFO3/c1-6(14)4-7-8(13)5-9(15-2)11(16-3)10(7)12/h5-6,14H,4H2,1-3H3. The SMILES string of the molecule is COc1cc(F)c(CC(C)O)c(Br)c1OC. The van der Waals surface area contributed by atoms with E-state index < -0.39 is 11.9 Å². The van der Waals surface area contributed by atoms with Gasteiger partial charge in [-0.25, -0.2) is 4.39 Å². The molecular formula is C11H14BrFO3. The topological polar surface area (TPSA) is 38.7 Å². The van der Waals surface area contributed by atoms with Crippen LogP contribution in [0.2, 0.25) is 0 Å². The van der Waals surface area contributed by atoms with Crippen molar-refractivity contribution in [3.63, 3.8) is 0 Å². The fourth-order valence-electron chi connectivity index (χ4n) is 1.44. The summed E-state index contributed by atoms with van der Waals surface area (Å²) in [5.41, 5.74) is 0.382. The van der Waals surface area contributed by atoms with Gasteiger partial charge in [-0.1, -0.05) is 0 Å². The first kappa shape index (κ1) is 13.3. The molecule has 0 spiro atoms. The van der Waals surface area contributed by atoms with E-state index in [1.54, 1.807) is 6.92 Å². The van der Waals surface area contributed by atoms with Gasteiger partial charge < -0.3 is 14.6 Å². The monoisotopic (exact) mass is 292 g/mol. The van der Waals surface area contributed by atoms with Crippen LogP contribution in [-0.2, 0) is 6.42 Å². The molecule has 0 fully saturated rings. The summed E-state index contributed by atoms with van der Waals surface area (Å²) in [7, 11) is 2.92. The average Bonchev–Trinajstić information content (AvgIpc) is 2.23. The summed E-state index contributed by atoms with van der Waals surface area (Å²) in [6.45, 7) is 1.60. The third-order valence-corrected chi connectivity index (χ3v) is 3.00. The normalized spacial score (nSPS) is 12.4. The van der Waals surface area contributed by atoms with Gasteiger partial charge >= 0.3 is 0 Å². The van der Waals surface area contributed by atoms with Crippen LogP contribution in [0.3, 0.4) is 0 Å². The highest BCUT2D eigenvalue weighted by Crippen LogP contribution is 2.39. The molecule has 5 heteroatoms. The molecule has 1 aromatic rings. The molecule has 0 heterocycles. The molecule has 0 aliphatic carbocycles. The van der Waals surface area contributed by atoms with Gasteiger partial charge in [-0.2, -0.15) is 0 Å².